The first-order valence-electron chi connectivity index (χ1n) is 4.14. The van der Waals surface area contributed by atoms with Crippen LogP contribution in [0.5, 0.6) is 0 Å². The molecule has 2 nitrogen and oxygen atoms in total. The SMILES string of the molecule is CCC(CC)NC(=O)CCS. The van der Waals surface area contributed by atoms with Gasteiger partial charge in [-0.15, -0.1) is 0 Å². The highest BCUT2D eigenvalue weighted by atomic mass is 32.1. The second-order valence-corrected chi connectivity index (χ2v) is 3.00. The van der Waals surface area contributed by atoms with Gasteiger partial charge in [-0.05, 0) is 18.6 Å². The maximum atomic E-state index is 11.0. The molecule has 3 heteroatoms. The number of rotatable bonds is 5. The molecule has 0 heterocycles. The molecule has 0 aromatic carbocycles. The second kappa shape index (κ2) is 6.53. The summed E-state index contributed by atoms with van der Waals surface area (Å²) in [6, 6.07) is 0.349. The molecule has 1 amide bonds. The van der Waals surface area contributed by atoms with E-state index in [-0.39, 0.29) is 5.91 Å². The molecule has 0 aliphatic heterocycles. The van der Waals surface area contributed by atoms with Gasteiger partial charge in [0.1, 0.15) is 0 Å². The van der Waals surface area contributed by atoms with Crippen molar-refractivity contribution < 1.29 is 4.79 Å². The summed E-state index contributed by atoms with van der Waals surface area (Å²) in [6.45, 7) is 4.16. The number of thiol groups is 1. The Morgan fingerprint density at radius 2 is 2.00 bits per heavy atom. The summed E-state index contributed by atoms with van der Waals surface area (Å²) in [7, 11) is 0. The van der Waals surface area contributed by atoms with Crippen molar-refractivity contribution in [3.8, 4) is 0 Å². The van der Waals surface area contributed by atoms with Crippen LogP contribution in [0.3, 0.4) is 0 Å². The zero-order valence-corrected chi connectivity index (χ0v) is 8.16. The molecule has 0 aromatic rings. The molecule has 0 aliphatic rings. The van der Waals surface area contributed by atoms with Gasteiger partial charge in [-0.3, -0.25) is 4.79 Å². The van der Waals surface area contributed by atoms with Crippen LogP contribution in [-0.2, 0) is 4.79 Å². The highest BCUT2D eigenvalue weighted by Gasteiger charge is 2.05. The first-order chi connectivity index (χ1) is 5.24. The number of hydrogen-bond acceptors (Lipinski definition) is 2. The van der Waals surface area contributed by atoms with Crippen LogP contribution in [0, 0.1) is 0 Å². The Morgan fingerprint density at radius 1 is 1.45 bits per heavy atom. The maximum Gasteiger partial charge on any atom is 0.221 e. The summed E-state index contributed by atoms with van der Waals surface area (Å²) in [5.41, 5.74) is 0. The minimum atomic E-state index is 0.119. The van der Waals surface area contributed by atoms with E-state index in [2.05, 4.69) is 31.8 Å². The van der Waals surface area contributed by atoms with Crippen LogP contribution < -0.4 is 5.32 Å². The van der Waals surface area contributed by atoms with Gasteiger partial charge in [-0.25, -0.2) is 0 Å². The first kappa shape index (κ1) is 10.8. The van der Waals surface area contributed by atoms with E-state index in [9.17, 15) is 4.79 Å². The normalized spacial score (nSPS) is 10.2. The van der Waals surface area contributed by atoms with E-state index in [1.807, 2.05) is 0 Å². The lowest BCUT2D eigenvalue weighted by Crippen LogP contribution is -2.33. The third-order valence-corrected chi connectivity index (χ3v) is 1.91. The number of nitrogens with one attached hydrogen (secondary N) is 1. The van der Waals surface area contributed by atoms with Gasteiger partial charge in [0.15, 0.2) is 0 Å². The number of amides is 1. The highest BCUT2D eigenvalue weighted by Crippen LogP contribution is 1.96. The predicted molar refractivity (Wildman–Crippen MR) is 51.0 cm³/mol. The van der Waals surface area contributed by atoms with Gasteiger partial charge >= 0.3 is 0 Å². The average Bonchev–Trinajstić information content (AvgIpc) is 2.01. The van der Waals surface area contributed by atoms with Gasteiger partial charge in [0.25, 0.3) is 0 Å². The fourth-order valence-electron chi connectivity index (χ4n) is 0.894. The molecule has 11 heavy (non-hydrogen) atoms. The lowest BCUT2D eigenvalue weighted by molar-refractivity contribution is -0.121. The number of carbonyl (C=O) groups excluding carboxylic acids is 1. The Kier molecular flexibility index (Phi) is 6.42. The second-order valence-electron chi connectivity index (χ2n) is 2.55. The molecule has 0 fully saturated rings. The third-order valence-electron chi connectivity index (χ3n) is 1.69. The molecule has 0 saturated heterocycles. The van der Waals surface area contributed by atoms with Crippen molar-refractivity contribution in [3.05, 3.63) is 0 Å². The summed E-state index contributed by atoms with van der Waals surface area (Å²) < 4.78 is 0. The van der Waals surface area contributed by atoms with E-state index >= 15 is 0 Å². The van der Waals surface area contributed by atoms with Crippen LogP contribution in [0.4, 0.5) is 0 Å². The van der Waals surface area contributed by atoms with Crippen molar-refractivity contribution >= 4 is 18.5 Å². The highest BCUT2D eigenvalue weighted by molar-refractivity contribution is 7.80. The lowest BCUT2D eigenvalue weighted by atomic mass is 10.2. The molecule has 0 aromatic heterocycles. The standard InChI is InChI=1S/C8H17NOS/c1-3-7(4-2)9-8(10)5-6-11/h7,11H,3-6H2,1-2H3,(H,9,10). The third kappa shape index (κ3) is 5.13. The van der Waals surface area contributed by atoms with Crippen LogP contribution in [0.25, 0.3) is 0 Å². The quantitative estimate of drug-likeness (QED) is 0.611. The van der Waals surface area contributed by atoms with E-state index < -0.39 is 0 Å². The lowest BCUT2D eigenvalue weighted by Gasteiger charge is -2.13. The van der Waals surface area contributed by atoms with E-state index in [0.29, 0.717) is 18.2 Å². The van der Waals surface area contributed by atoms with Crippen molar-refractivity contribution in [1.82, 2.24) is 5.32 Å². The Balaban J connectivity index is 3.54. The molecule has 0 saturated carbocycles. The Morgan fingerprint density at radius 3 is 2.36 bits per heavy atom. The van der Waals surface area contributed by atoms with Gasteiger partial charge in [0.2, 0.25) is 5.91 Å². The monoisotopic (exact) mass is 175 g/mol. The molecule has 0 aliphatic carbocycles. The molecule has 0 atom stereocenters. The Labute approximate surface area is 74.2 Å². The van der Waals surface area contributed by atoms with Gasteiger partial charge in [0, 0.05) is 12.5 Å². The van der Waals surface area contributed by atoms with Gasteiger partial charge < -0.3 is 5.32 Å². The van der Waals surface area contributed by atoms with Crippen molar-refractivity contribution in [3.63, 3.8) is 0 Å². The molecule has 1 N–H and O–H groups in total. The molecule has 0 unspecified atom stereocenters. The van der Waals surface area contributed by atoms with E-state index in [4.69, 9.17) is 0 Å². The maximum absolute atomic E-state index is 11.0. The summed E-state index contributed by atoms with van der Waals surface area (Å²) in [5.74, 6) is 0.750. The zero-order valence-electron chi connectivity index (χ0n) is 7.26. The van der Waals surface area contributed by atoms with Crippen LogP contribution >= 0.6 is 12.6 Å². The van der Waals surface area contributed by atoms with Gasteiger partial charge in [-0.1, -0.05) is 13.8 Å². The van der Waals surface area contributed by atoms with Crippen LogP contribution in [0.2, 0.25) is 0 Å². The topological polar surface area (TPSA) is 29.1 Å². The summed E-state index contributed by atoms with van der Waals surface area (Å²) in [4.78, 5) is 11.0. The van der Waals surface area contributed by atoms with Gasteiger partial charge in [0.05, 0.1) is 0 Å². The fraction of sp³-hybridized carbons (Fsp3) is 0.875. The van der Waals surface area contributed by atoms with Crippen LogP contribution in [0.1, 0.15) is 33.1 Å². The van der Waals surface area contributed by atoms with E-state index in [1.54, 1.807) is 0 Å². The van der Waals surface area contributed by atoms with Crippen molar-refractivity contribution in [1.29, 1.82) is 0 Å². The molecular formula is C8H17NOS. The summed E-state index contributed by atoms with van der Waals surface area (Å²) >= 11 is 3.98. The Bertz CT molecular complexity index is 113. The first-order valence-corrected chi connectivity index (χ1v) is 4.78. The van der Waals surface area contributed by atoms with Crippen LogP contribution in [0.15, 0.2) is 0 Å². The largest absolute Gasteiger partial charge is 0.353 e. The fourth-order valence-corrected chi connectivity index (χ4v) is 1.10. The minimum Gasteiger partial charge on any atom is -0.353 e. The van der Waals surface area contributed by atoms with Crippen molar-refractivity contribution in [2.75, 3.05) is 5.75 Å². The minimum absolute atomic E-state index is 0.119. The predicted octanol–water partition coefficient (Wildman–Crippen LogP) is 1.61. The molecule has 0 bridgehead atoms. The molecule has 0 rings (SSSR count). The Hall–Kier alpha value is -0.180. The summed E-state index contributed by atoms with van der Waals surface area (Å²) in [5, 5.41) is 2.93. The van der Waals surface area contributed by atoms with Crippen molar-refractivity contribution in [2.45, 2.75) is 39.2 Å². The smallest absolute Gasteiger partial charge is 0.221 e. The van der Waals surface area contributed by atoms with Gasteiger partial charge in [-0.2, -0.15) is 12.6 Å². The molecule has 0 spiro atoms. The number of hydrogen-bond donors (Lipinski definition) is 2. The zero-order chi connectivity index (χ0) is 8.69. The van der Waals surface area contributed by atoms with Crippen LogP contribution in [-0.4, -0.2) is 17.7 Å². The van der Waals surface area contributed by atoms with Crippen molar-refractivity contribution in [2.24, 2.45) is 0 Å². The average molecular weight is 175 g/mol. The summed E-state index contributed by atoms with van der Waals surface area (Å²) in [6.07, 6.45) is 2.54. The molecular weight excluding hydrogens is 158 g/mol. The van der Waals surface area contributed by atoms with E-state index in [1.165, 1.54) is 0 Å². The molecule has 0 radical (unpaired) electrons. The number of carbonyl (C=O) groups is 1. The van der Waals surface area contributed by atoms with E-state index in [0.717, 1.165) is 12.8 Å². The molecule has 66 valence electrons.